The van der Waals surface area contributed by atoms with Crippen LogP contribution in [0.25, 0.3) is 0 Å². The minimum Gasteiger partial charge on any atom is -0.457 e. The summed E-state index contributed by atoms with van der Waals surface area (Å²) in [5.74, 6) is 0.906. The Hall–Kier alpha value is -3.32. The van der Waals surface area contributed by atoms with Gasteiger partial charge in [0.15, 0.2) is 0 Å². The van der Waals surface area contributed by atoms with Crippen molar-refractivity contribution in [1.29, 1.82) is 0 Å². The molecular formula is C21H20N2O4S. The highest BCUT2D eigenvalue weighted by Crippen LogP contribution is 2.23. The van der Waals surface area contributed by atoms with E-state index in [1.807, 2.05) is 30.3 Å². The second-order valence-electron chi connectivity index (χ2n) is 6.09. The second kappa shape index (κ2) is 8.58. The highest BCUT2D eigenvalue weighted by molar-refractivity contribution is 7.92. The lowest BCUT2D eigenvalue weighted by Gasteiger charge is -2.21. The number of benzene rings is 3. The number of ether oxygens (including phenoxy) is 1. The van der Waals surface area contributed by atoms with Crippen molar-refractivity contribution < 1.29 is 17.9 Å². The number of hydrogen-bond donors (Lipinski definition) is 1. The first-order chi connectivity index (χ1) is 13.4. The predicted octanol–water partition coefficient (Wildman–Crippen LogP) is 3.88. The molecule has 0 spiro atoms. The van der Waals surface area contributed by atoms with Crippen molar-refractivity contribution >= 4 is 27.3 Å². The van der Waals surface area contributed by atoms with Crippen molar-refractivity contribution in [2.75, 3.05) is 22.4 Å². The number of carbonyl (C=O) groups excluding carboxylic acids is 1. The summed E-state index contributed by atoms with van der Waals surface area (Å²) in [6, 6.07) is 24.7. The molecule has 3 aromatic carbocycles. The molecule has 6 nitrogen and oxygen atoms in total. The van der Waals surface area contributed by atoms with Crippen LogP contribution in [-0.4, -0.2) is 27.1 Å². The Balaban J connectivity index is 1.65. The maximum Gasteiger partial charge on any atom is 0.245 e. The molecule has 0 aliphatic heterocycles. The van der Waals surface area contributed by atoms with Gasteiger partial charge in [-0.25, -0.2) is 8.42 Å². The normalized spacial score (nSPS) is 10.9. The molecule has 1 amide bonds. The molecular weight excluding hydrogens is 376 g/mol. The van der Waals surface area contributed by atoms with Gasteiger partial charge in [-0.1, -0.05) is 36.4 Å². The average Bonchev–Trinajstić information content (AvgIpc) is 2.68. The molecule has 0 aliphatic carbocycles. The van der Waals surface area contributed by atoms with Crippen LogP contribution >= 0.6 is 0 Å². The number of anilines is 2. The van der Waals surface area contributed by atoms with Crippen LogP contribution in [0, 0.1) is 0 Å². The third kappa shape index (κ3) is 5.34. The van der Waals surface area contributed by atoms with Crippen LogP contribution in [0.3, 0.4) is 0 Å². The molecule has 7 heteroatoms. The van der Waals surface area contributed by atoms with Gasteiger partial charge in [-0.2, -0.15) is 0 Å². The molecule has 0 fully saturated rings. The minimum absolute atomic E-state index is 0.314. The van der Waals surface area contributed by atoms with E-state index in [2.05, 4.69) is 5.32 Å². The third-order valence-electron chi connectivity index (χ3n) is 3.85. The molecule has 1 N–H and O–H groups in total. The molecule has 28 heavy (non-hydrogen) atoms. The van der Waals surface area contributed by atoms with E-state index in [1.54, 1.807) is 54.6 Å². The van der Waals surface area contributed by atoms with E-state index in [0.717, 1.165) is 10.6 Å². The van der Waals surface area contributed by atoms with Crippen LogP contribution in [-0.2, 0) is 14.8 Å². The zero-order chi connectivity index (χ0) is 20.0. The van der Waals surface area contributed by atoms with E-state index in [4.69, 9.17) is 4.74 Å². The Morgan fingerprint density at radius 3 is 1.96 bits per heavy atom. The lowest BCUT2D eigenvalue weighted by Crippen LogP contribution is -2.37. The zero-order valence-corrected chi connectivity index (χ0v) is 16.1. The molecule has 0 saturated heterocycles. The summed E-state index contributed by atoms with van der Waals surface area (Å²) in [7, 11) is -3.59. The smallest absolute Gasteiger partial charge is 0.245 e. The van der Waals surface area contributed by atoms with E-state index in [0.29, 0.717) is 22.9 Å². The van der Waals surface area contributed by atoms with Crippen molar-refractivity contribution in [3.63, 3.8) is 0 Å². The molecule has 0 aromatic heterocycles. The maximum atomic E-state index is 12.4. The number of carbonyl (C=O) groups is 1. The summed E-state index contributed by atoms with van der Waals surface area (Å²) >= 11 is 0. The number of amides is 1. The lowest BCUT2D eigenvalue weighted by atomic mass is 10.3. The monoisotopic (exact) mass is 396 g/mol. The van der Waals surface area contributed by atoms with E-state index in [9.17, 15) is 13.2 Å². The first kappa shape index (κ1) is 19.4. The van der Waals surface area contributed by atoms with E-state index >= 15 is 0 Å². The third-order valence-corrected chi connectivity index (χ3v) is 4.99. The number of para-hydroxylation sites is 2. The van der Waals surface area contributed by atoms with Crippen LogP contribution < -0.4 is 14.4 Å². The van der Waals surface area contributed by atoms with Gasteiger partial charge in [0.25, 0.3) is 0 Å². The Bertz CT molecular complexity index is 1020. The van der Waals surface area contributed by atoms with Crippen LogP contribution in [0.5, 0.6) is 11.5 Å². The van der Waals surface area contributed by atoms with Gasteiger partial charge >= 0.3 is 0 Å². The topological polar surface area (TPSA) is 75.7 Å². The van der Waals surface area contributed by atoms with E-state index < -0.39 is 15.9 Å². The Kier molecular flexibility index (Phi) is 5.96. The first-order valence-corrected chi connectivity index (χ1v) is 10.4. The second-order valence-corrected chi connectivity index (χ2v) is 8.00. The van der Waals surface area contributed by atoms with E-state index in [1.165, 1.54) is 0 Å². The average molecular weight is 396 g/mol. The lowest BCUT2D eigenvalue weighted by molar-refractivity contribution is -0.114. The van der Waals surface area contributed by atoms with Gasteiger partial charge in [-0.3, -0.25) is 9.10 Å². The summed E-state index contributed by atoms with van der Waals surface area (Å²) in [6.07, 6.45) is 1.07. The predicted molar refractivity (Wildman–Crippen MR) is 110 cm³/mol. The molecule has 0 bridgehead atoms. The molecule has 0 atom stereocenters. The van der Waals surface area contributed by atoms with Crippen LogP contribution in [0.15, 0.2) is 84.9 Å². The number of rotatable bonds is 7. The van der Waals surface area contributed by atoms with Gasteiger partial charge in [0, 0.05) is 5.69 Å². The van der Waals surface area contributed by atoms with Crippen molar-refractivity contribution in [2.45, 2.75) is 0 Å². The summed E-state index contributed by atoms with van der Waals surface area (Å²) in [5.41, 5.74) is 0.985. The zero-order valence-electron chi connectivity index (χ0n) is 15.3. The first-order valence-electron chi connectivity index (χ1n) is 8.57. The van der Waals surface area contributed by atoms with Gasteiger partial charge in [0.2, 0.25) is 15.9 Å². The molecule has 0 saturated carbocycles. The van der Waals surface area contributed by atoms with Crippen molar-refractivity contribution in [2.24, 2.45) is 0 Å². The number of nitrogens with zero attached hydrogens (tertiary/aromatic N) is 1. The molecule has 144 valence electrons. The van der Waals surface area contributed by atoms with Gasteiger partial charge in [0.1, 0.15) is 18.0 Å². The fourth-order valence-corrected chi connectivity index (χ4v) is 3.41. The van der Waals surface area contributed by atoms with Crippen LogP contribution in [0.1, 0.15) is 0 Å². The summed E-state index contributed by atoms with van der Waals surface area (Å²) in [4.78, 5) is 12.4. The largest absolute Gasteiger partial charge is 0.457 e. The van der Waals surface area contributed by atoms with Gasteiger partial charge in [-0.15, -0.1) is 0 Å². The molecule has 0 radical (unpaired) electrons. The quantitative estimate of drug-likeness (QED) is 0.658. The van der Waals surface area contributed by atoms with Crippen molar-refractivity contribution in [1.82, 2.24) is 0 Å². The molecule has 3 aromatic rings. The fraction of sp³-hybridized carbons (Fsp3) is 0.0952. The Morgan fingerprint density at radius 1 is 0.857 bits per heavy atom. The fourth-order valence-electron chi connectivity index (χ4n) is 2.56. The number of sulfonamides is 1. The Morgan fingerprint density at radius 2 is 1.39 bits per heavy atom. The maximum absolute atomic E-state index is 12.4. The Labute approximate surface area is 164 Å². The van der Waals surface area contributed by atoms with Crippen molar-refractivity contribution in [3.05, 3.63) is 84.9 Å². The highest BCUT2D eigenvalue weighted by atomic mass is 32.2. The summed E-state index contributed by atoms with van der Waals surface area (Å²) < 4.78 is 30.9. The molecule has 3 rings (SSSR count). The molecule has 0 aliphatic rings. The van der Waals surface area contributed by atoms with Crippen LogP contribution in [0.2, 0.25) is 0 Å². The SMILES string of the molecule is CS(=O)(=O)N(CC(=O)Nc1ccc(Oc2ccccc2)cc1)c1ccccc1. The minimum atomic E-state index is -3.59. The number of hydrogen-bond acceptors (Lipinski definition) is 4. The van der Waals surface area contributed by atoms with Crippen molar-refractivity contribution in [3.8, 4) is 11.5 Å². The van der Waals surface area contributed by atoms with Gasteiger partial charge in [0.05, 0.1) is 11.9 Å². The van der Waals surface area contributed by atoms with Gasteiger partial charge in [-0.05, 0) is 48.5 Å². The highest BCUT2D eigenvalue weighted by Gasteiger charge is 2.20. The van der Waals surface area contributed by atoms with Crippen LogP contribution in [0.4, 0.5) is 11.4 Å². The molecule has 0 unspecified atom stereocenters. The van der Waals surface area contributed by atoms with E-state index in [-0.39, 0.29) is 6.54 Å². The molecule has 0 heterocycles. The standard InChI is InChI=1S/C21H20N2O4S/c1-28(25,26)23(18-8-4-2-5-9-18)16-21(24)22-17-12-14-20(15-13-17)27-19-10-6-3-7-11-19/h2-15H,16H2,1H3,(H,22,24). The summed E-state index contributed by atoms with van der Waals surface area (Å²) in [5, 5.41) is 2.70. The van der Waals surface area contributed by atoms with Gasteiger partial charge < -0.3 is 10.1 Å². The summed E-state index contributed by atoms with van der Waals surface area (Å²) in [6.45, 7) is -0.314. The number of nitrogens with one attached hydrogen (secondary N) is 1.